The first-order chi connectivity index (χ1) is 13.1. The molecule has 140 valence electrons. The SMILES string of the molecule is COc1cc2ccccc2cc1C(=O)N1CCN(C)C(c2nc(C)no2)C1. The number of aryl methyl sites for hydroxylation is 1. The van der Waals surface area contributed by atoms with Gasteiger partial charge in [0, 0.05) is 19.6 Å². The van der Waals surface area contributed by atoms with Crippen LogP contribution in [0, 0.1) is 6.92 Å². The van der Waals surface area contributed by atoms with Crippen LogP contribution < -0.4 is 4.74 Å². The van der Waals surface area contributed by atoms with Gasteiger partial charge in [0.1, 0.15) is 11.8 Å². The molecule has 0 aliphatic carbocycles. The van der Waals surface area contributed by atoms with Gasteiger partial charge in [0.15, 0.2) is 5.82 Å². The number of carbonyl (C=O) groups excluding carboxylic acids is 1. The molecular weight excluding hydrogens is 344 g/mol. The Morgan fingerprint density at radius 1 is 1.22 bits per heavy atom. The van der Waals surface area contributed by atoms with Crippen molar-refractivity contribution >= 4 is 16.7 Å². The second-order valence-corrected chi connectivity index (χ2v) is 6.83. The lowest BCUT2D eigenvalue weighted by atomic mass is 10.0. The van der Waals surface area contributed by atoms with Gasteiger partial charge in [-0.15, -0.1) is 0 Å². The first kappa shape index (κ1) is 17.5. The van der Waals surface area contributed by atoms with Gasteiger partial charge in [0.05, 0.1) is 12.7 Å². The fourth-order valence-corrected chi connectivity index (χ4v) is 3.50. The minimum Gasteiger partial charge on any atom is -0.496 e. The first-order valence-electron chi connectivity index (χ1n) is 8.93. The fraction of sp³-hybridized carbons (Fsp3) is 0.350. The molecule has 0 radical (unpaired) electrons. The number of hydrogen-bond acceptors (Lipinski definition) is 6. The van der Waals surface area contributed by atoms with Gasteiger partial charge in [-0.3, -0.25) is 9.69 Å². The normalized spacial score (nSPS) is 18.0. The van der Waals surface area contributed by atoms with Gasteiger partial charge < -0.3 is 14.2 Å². The molecule has 7 heteroatoms. The van der Waals surface area contributed by atoms with E-state index in [1.165, 1.54) is 0 Å². The molecule has 1 fully saturated rings. The highest BCUT2D eigenvalue weighted by atomic mass is 16.5. The topological polar surface area (TPSA) is 71.7 Å². The van der Waals surface area contributed by atoms with Crippen molar-refractivity contribution in [2.45, 2.75) is 13.0 Å². The summed E-state index contributed by atoms with van der Waals surface area (Å²) in [4.78, 5) is 21.6. The summed E-state index contributed by atoms with van der Waals surface area (Å²) in [6, 6.07) is 11.6. The highest BCUT2D eigenvalue weighted by Gasteiger charge is 2.33. The number of amides is 1. The van der Waals surface area contributed by atoms with E-state index in [-0.39, 0.29) is 11.9 Å². The zero-order valence-electron chi connectivity index (χ0n) is 15.7. The Morgan fingerprint density at radius 3 is 2.63 bits per heavy atom. The summed E-state index contributed by atoms with van der Waals surface area (Å²) in [5.41, 5.74) is 0.571. The highest BCUT2D eigenvalue weighted by Crippen LogP contribution is 2.29. The summed E-state index contributed by atoms with van der Waals surface area (Å²) in [6.07, 6.45) is 0. The Hall–Kier alpha value is -2.93. The Bertz CT molecular complexity index is 984. The van der Waals surface area contributed by atoms with Crippen molar-refractivity contribution in [3.63, 3.8) is 0 Å². The summed E-state index contributed by atoms with van der Waals surface area (Å²) in [5, 5.41) is 5.94. The molecule has 3 aromatic rings. The molecule has 27 heavy (non-hydrogen) atoms. The zero-order valence-corrected chi connectivity index (χ0v) is 15.7. The van der Waals surface area contributed by atoms with E-state index in [0.717, 1.165) is 17.3 Å². The van der Waals surface area contributed by atoms with Crippen molar-refractivity contribution in [2.75, 3.05) is 33.8 Å². The number of rotatable bonds is 3. The van der Waals surface area contributed by atoms with Crippen LogP contribution in [-0.4, -0.2) is 59.6 Å². The predicted octanol–water partition coefficient (Wildman–Crippen LogP) is 2.67. The molecule has 1 aromatic heterocycles. The molecule has 1 saturated heterocycles. The molecular formula is C20H22N4O3. The van der Waals surface area contributed by atoms with E-state index < -0.39 is 0 Å². The molecule has 0 bridgehead atoms. The number of piperazine rings is 1. The van der Waals surface area contributed by atoms with Crippen LogP contribution in [0.15, 0.2) is 40.9 Å². The Balaban J connectivity index is 1.65. The lowest BCUT2D eigenvalue weighted by molar-refractivity contribution is 0.0486. The van der Waals surface area contributed by atoms with Crippen LogP contribution >= 0.6 is 0 Å². The van der Waals surface area contributed by atoms with Crippen LogP contribution in [0.4, 0.5) is 0 Å². The van der Waals surface area contributed by atoms with E-state index in [1.807, 2.05) is 48.3 Å². The summed E-state index contributed by atoms with van der Waals surface area (Å²) in [5.74, 6) is 1.67. The number of carbonyl (C=O) groups is 1. The van der Waals surface area contributed by atoms with E-state index in [4.69, 9.17) is 9.26 Å². The van der Waals surface area contributed by atoms with Crippen molar-refractivity contribution in [3.8, 4) is 5.75 Å². The monoisotopic (exact) mass is 366 g/mol. The van der Waals surface area contributed by atoms with Gasteiger partial charge in [0.2, 0.25) is 5.89 Å². The number of ether oxygens (including phenoxy) is 1. The Labute approximate surface area is 157 Å². The Morgan fingerprint density at radius 2 is 1.96 bits per heavy atom. The molecule has 0 spiro atoms. The fourth-order valence-electron chi connectivity index (χ4n) is 3.50. The number of likely N-dealkylation sites (N-methyl/N-ethyl adjacent to an activating group) is 1. The standard InChI is InChI=1S/C20H22N4O3/c1-13-21-19(27-22-13)17-12-24(9-8-23(17)2)20(25)16-10-14-6-4-5-7-15(14)11-18(16)26-3/h4-7,10-11,17H,8-9,12H2,1-3H3. The van der Waals surface area contributed by atoms with Gasteiger partial charge in [-0.05, 0) is 36.9 Å². The Kier molecular flexibility index (Phi) is 4.53. The number of methoxy groups -OCH3 is 1. The van der Waals surface area contributed by atoms with Crippen LogP contribution in [0.25, 0.3) is 10.8 Å². The molecule has 1 amide bonds. The first-order valence-corrected chi connectivity index (χ1v) is 8.93. The van der Waals surface area contributed by atoms with Crippen molar-refractivity contribution in [3.05, 3.63) is 53.7 Å². The zero-order chi connectivity index (χ0) is 19.0. The maximum atomic E-state index is 13.3. The van der Waals surface area contributed by atoms with Gasteiger partial charge in [-0.2, -0.15) is 4.98 Å². The lowest BCUT2D eigenvalue weighted by Gasteiger charge is -2.37. The maximum Gasteiger partial charge on any atom is 0.257 e. The van der Waals surface area contributed by atoms with E-state index in [0.29, 0.717) is 36.1 Å². The van der Waals surface area contributed by atoms with Crippen LogP contribution in [-0.2, 0) is 0 Å². The van der Waals surface area contributed by atoms with Gasteiger partial charge in [0.25, 0.3) is 5.91 Å². The van der Waals surface area contributed by atoms with Crippen molar-refractivity contribution < 1.29 is 14.1 Å². The average Bonchev–Trinajstić information content (AvgIpc) is 3.12. The number of aromatic nitrogens is 2. The summed E-state index contributed by atoms with van der Waals surface area (Å²) < 4.78 is 10.8. The molecule has 7 nitrogen and oxygen atoms in total. The molecule has 4 rings (SSSR count). The van der Waals surface area contributed by atoms with Gasteiger partial charge in [-0.25, -0.2) is 0 Å². The highest BCUT2D eigenvalue weighted by molar-refractivity contribution is 6.01. The van der Waals surface area contributed by atoms with Crippen molar-refractivity contribution in [2.24, 2.45) is 0 Å². The molecule has 1 unspecified atom stereocenters. The third kappa shape index (κ3) is 3.26. The number of hydrogen-bond donors (Lipinski definition) is 0. The predicted molar refractivity (Wildman–Crippen MR) is 101 cm³/mol. The maximum absolute atomic E-state index is 13.3. The van der Waals surface area contributed by atoms with Crippen molar-refractivity contribution in [1.29, 1.82) is 0 Å². The largest absolute Gasteiger partial charge is 0.496 e. The molecule has 0 N–H and O–H groups in total. The van der Waals surface area contributed by atoms with Crippen LogP contribution in [0.1, 0.15) is 28.1 Å². The number of benzene rings is 2. The lowest BCUT2D eigenvalue weighted by Crippen LogP contribution is -2.49. The molecule has 1 aliphatic rings. The second kappa shape index (κ2) is 7.00. The van der Waals surface area contributed by atoms with Gasteiger partial charge >= 0.3 is 0 Å². The van der Waals surface area contributed by atoms with Gasteiger partial charge in [-0.1, -0.05) is 29.4 Å². The summed E-state index contributed by atoms with van der Waals surface area (Å²) in [7, 11) is 3.59. The van der Waals surface area contributed by atoms with Crippen molar-refractivity contribution in [1.82, 2.24) is 19.9 Å². The third-order valence-electron chi connectivity index (χ3n) is 5.06. The third-order valence-corrected chi connectivity index (χ3v) is 5.06. The quantitative estimate of drug-likeness (QED) is 0.710. The molecule has 1 aliphatic heterocycles. The minimum atomic E-state index is -0.115. The van der Waals surface area contributed by atoms with E-state index >= 15 is 0 Å². The molecule has 2 aromatic carbocycles. The van der Waals surface area contributed by atoms with Crippen LogP contribution in [0.3, 0.4) is 0 Å². The molecule has 1 atom stereocenters. The average molecular weight is 366 g/mol. The number of fused-ring (bicyclic) bond motifs is 1. The van der Waals surface area contributed by atoms with E-state index in [9.17, 15) is 4.79 Å². The van der Waals surface area contributed by atoms with E-state index in [2.05, 4.69) is 15.0 Å². The number of nitrogens with zero attached hydrogens (tertiary/aromatic N) is 4. The molecule has 0 saturated carbocycles. The second-order valence-electron chi connectivity index (χ2n) is 6.83. The molecule has 2 heterocycles. The summed E-state index contributed by atoms with van der Waals surface area (Å²) >= 11 is 0. The minimum absolute atomic E-state index is 0.0491. The smallest absolute Gasteiger partial charge is 0.257 e. The summed E-state index contributed by atoms with van der Waals surface area (Å²) in [6.45, 7) is 3.65. The van der Waals surface area contributed by atoms with Crippen LogP contribution in [0.2, 0.25) is 0 Å². The van der Waals surface area contributed by atoms with E-state index in [1.54, 1.807) is 14.0 Å². The van der Waals surface area contributed by atoms with Crippen LogP contribution in [0.5, 0.6) is 5.75 Å².